The van der Waals surface area contributed by atoms with Crippen LogP contribution in [0, 0.1) is 5.92 Å². The van der Waals surface area contributed by atoms with Crippen molar-refractivity contribution in [1.29, 1.82) is 0 Å². The Balaban J connectivity index is 1.14. The van der Waals surface area contributed by atoms with Gasteiger partial charge in [0, 0.05) is 23.5 Å². The van der Waals surface area contributed by atoms with E-state index in [2.05, 4.69) is 9.97 Å². The maximum Gasteiger partial charge on any atom is 0.460 e. The van der Waals surface area contributed by atoms with Gasteiger partial charge in [-0.2, -0.15) is 57.1 Å². The Bertz CT molecular complexity index is 1680. The van der Waals surface area contributed by atoms with E-state index in [0.717, 1.165) is 36.5 Å². The third-order valence-electron chi connectivity index (χ3n) is 9.35. The fraction of sp³-hybridized carbons (Fsp3) is 0.556. The van der Waals surface area contributed by atoms with Crippen LogP contribution in [0.3, 0.4) is 0 Å². The van der Waals surface area contributed by atoms with E-state index in [0.29, 0.717) is 5.56 Å². The highest BCUT2D eigenvalue weighted by Crippen LogP contribution is 2.61. The van der Waals surface area contributed by atoms with Gasteiger partial charge in [0.05, 0.1) is 6.42 Å². The van der Waals surface area contributed by atoms with Crippen molar-refractivity contribution >= 4 is 0 Å². The lowest BCUT2D eigenvalue weighted by atomic mass is 9.92. The topological polar surface area (TPSA) is 44.2 Å². The smallest absolute Gasteiger partial charge is 0.451 e. The molecule has 1 aliphatic heterocycles. The summed E-state index contributed by atoms with van der Waals surface area (Å²) in [6.07, 6.45) is 4.14. The molecule has 5 rings (SSSR count). The summed E-state index contributed by atoms with van der Waals surface area (Å²) in [5.41, 5.74) is 2.85. The quantitative estimate of drug-likeness (QED) is 0.0954. The van der Waals surface area contributed by atoms with Gasteiger partial charge in [-0.25, -0.2) is 9.97 Å². The lowest BCUT2D eigenvalue weighted by Crippen LogP contribution is -2.70. The molecule has 0 N–H and O–H groups in total. The zero-order chi connectivity index (χ0) is 38.9. The average molecular weight is 775 g/mol. The molecule has 0 saturated heterocycles. The summed E-state index contributed by atoms with van der Waals surface area (Å²) in [7, 11) is 0. The molecule has 1 aromatic heterocycles. The second-order valence-corrected chi connectivity index (χ2v) is 13.5. The highest BCUT2D eigenvalue weighted by molar-refractivity contribution is 5.65. The molecule has 0 radical (unpaired) electrons. The van der Waals surface area contributed by atoms with Crippen molar-refractivity contribution in [2.75, 3.05) is 0 Å². The summed E-state index contributed by atoms with van der Waals surface area (Å²) >= 11 is 0. The molecule has 1 aliphatic carbocycles. The van der Waals surface area contributed by atoms with E-state index in [1.54, 1.807) is 0 Å². The van der Waals surface area contributed by atoms with E-state index in [1.165, 1.54) is 81.8 Å². The van der Waals surface area contributed by atoms with Crippen molar-refractivity contribution in [2.24, 2.45) is 5.92 Å². The molecule has 1 saturated carbocycles. The van der Waals surface area contributed by atoms with Gasteiger partial charge in [-0.05, 0) is 48.1 Å². The molecule has 4 nitrogen and oxygen atoms in total. The molecule has 3 aromatic rings. The van der Waals surface area contributed by atoms with Crippen LogP contribution in [0.25, 0.3) is 22.5 Å². The number of alkyl halides is 13. The van der Waals surface area contributed by atoms with Crippen LogP contribution in [0.2, 0.25) is 0 Å². The number of hydrogen-bond acceptors (Lipinski definition) is 4. The maximum atomic E-state index is 14.4. The minimum Gasteiger partial charge on any atom is -0.451 e. The summed E-state index contributed by atoms with van der Waals surface area (Å²) < 4.78 is 185. The normalized spacial score (nSPS) is 17.0. The number of aromatic nitrogens is 2. The number of aryl methyl sites for hydroxylation is 1. The minimum atomic E-state index is -7.98. The van der Waals surface area contributed by atoms with Crippen LogP contribution >= 0.6 is 0 Å². The average Bonchev–Trinajstić information content (AvgIpc) is 3.84. The number of nitrogens with zero attached hydrogens (tertiary/aromatic N) is 2. The van der Waals surface area contributed by atoms with Gasteiger partial charge in [-0.15, -0.1) is 0 Å². The number of ether oxygens (including phenoxy) is 2. The molecule has 2 aromatic carbocycles. The summed E-state index contributed by atoms with van der Waals surface area (Å²) in [6.45, 7) is 0. The van der Waals surface area contributed by atoms with Crippen molar-refractivity contribution < 1.29 is 66.5 Å². The molecular formula is C36H35F13N2O2. The highest BCUT2D eigenvalue weighted by atomic mass is 19.4. The maximum absolute atomic E-state index is 14.4. The fourth-order valence-electron chi connectivity index (χ4n) is 5.91. The molecule has 292 valence electrons. The molecule has 0 bridgehead atoms. The molecule has 0 amide bonds. The van der Waals surface area contributed by atoms with Crippen molar-refractivity contribution in [2.45, 2.75) is 119 Å². The lowest BCUT2D eigenvalue weighted by molar-refractivity contribution is -0.441. The monoisotopic (exact) mass is 774 g/mol. The number of hydrogen-bond donors (Lipinski definition) is 0. The zero-order valence-electron chi connectivity index (χ0n) is 28.0. The van der Waals surface area contributed by atoms with Crippen molar-refractivity contribution in [3.63, 3.8) is 0 Å². The summed E-state index contributed by atoms with van der Waals surface area (Å²) in [6, 6.07) is 11.4. The summed E-state index contributed by atoms with van der Waals surface area (Å²) in [5.74, 6) is -37.2. The second kappa shape index (κ2) is 15.2. The predicted octanol–water partition coefficient (Wildman–Crippen LogP) is 12.1. The van der Waals surface area contributed by atoms with Crippen LogP contribution < -0.4 is 9.47 Å². The first-order valence-electron chi connectivity index (χ1n) is 17.0. The molecular weight excluding hydrogens is 739 g/mol. The van der Waals surface area contributed by atoms with E-state index in [1.807, 2.05) is 24.3 Å². The van der Waals surface area contributed by atoms with E-state index in [4.69, 9.17) is 9.47 Å². The largest absolute Gasteiger partial charge is 0.460 e. The Hall–Kier alpha value is -3.79. The number of unbranched alkanes of at least 4 members (excludes halogenated alkanes) is 6. The number of fused-ring (bicyclic) bond motifs is 1. The Kier molecular flexibility index (Phi) is 11.5. The van der Waals surface area contributed by atoms with Gasteiger partial charge >= 0.3 is 35.8 Å². The van der Waals surface area contributed by atoms with Crippen LogP contribution in [0.1, 0.15) is 76.2 Å². The molecule has 17 heteroatoms. The lowest BCUT2D eigenvalue weighted by Gasteiger charge is -2.39. The van der Waals surface area contributed by atoms with Gasteiger partial charge in [0.25, 0.3) is 0 Å². The van der Waals surface area contributed by atoms with Crippen molar-refractivity contribution in [3.05, 3.63) is 60.4 Å². The summed E-state index contributed by atoms with van der Waals surface area (Å²) in [4.78, 5) is 8.51. The second-order valence-electron chi connectivity index (χ2n) is 13.5. The van der Waals surface area contributed by atoms with E-state index >= 15 is 0 Å². The van der Waals surface area contributed by atoms with Gasteiger partial charge in [0.15, 0.2) is 17.3 Å². The molecule has 1 atom stereocenters. The van der Waals surface area contributed by atoms with E-state index in [9.17, 15) is 57.1 Å². The molecule has 53 heavy (non-hydrogen) atoms. The Labute approximate surface area is 296 Å². The van der Waals surface area contributed by atoms with Crippen LogP contribution in [0.15, 0.2) is 54.9 Å². The molecule has 2 heterocycles. The Morgan fingerprint density at radius 2 is 1.08 bits per heavy atom. The SMILES string of the molecule is FC(F)(F)C(F)(F)C(F)(F)C(F)(F)C(F)(F)C(F)(F)CC1Oc2ccc(-c3ncc(-c4ccc(CCCCCCCCCC5CC5)cc4)cn3)cc2O1. The van der Waals surface area contributed by atoms with Gasteiger partial charge in [-0.3, -0.25) is 0 Å². The molecule has 1 unspecified atom stereocenters. The zero-order valence-corrected chi connectivity index (χ0v) is 28.0. The third-order valence-corrected chi connectivity index (χ3v) is 9.35. The first kappa shape index (κ1) is 40.4. The van der Waals surface area contributed by atoms with Crippen LogP contribution in [-0.2, 0) is 6.42 Å². The van der Waals surface area contributed by atoms with Crippen LogP contribution in [0.5, 0.6) is 11.5 Å². The molecule has 1 fully saturated rings. The summed E-state index contributed by atoms with van der Waals surface area (Å²) in [5, 5.41) is 0. The van der Waals surface area contributed by atoms with Crippen molar-refractivity contribution in [1.82, 2.24) is 9.97 Å². The Morgan fingerprint density at radius 1 is 0.547 bits per heavy atom. The van der Waals surface area contributed by atoms with E-state index < -0.39 is 60.0 Å². The van der Waals surface area contributed by atoms with Crippen molar-refractivity contribution in [3.8, 4) is 34.0 Å². The first-order valence-corrected chi connectivity index (χ1v) is 17.0. The Morgan fingerprint density at radius 3 is 1.66 bits per heavy atom. The highest BCUT2D eigenvalue weighted by Gasteiger charge is 2.90. The predicted molar refractivity (Wildman–Crippen MR) is 167 cm³/mol. The standard InChI is InChI=1S/C36H35F13N2O2/c37-31(38,32(39,40)33(41,42)34(43,44)35(45,46)36(47,48)49)19-29-52-27-17-16-25(18-28(27)53-29)30-50-20-26(21-51-30)24-14-12-23(13-15-24)9-7-5-3-1-2-4-6-8-22-10-11-22/h12-18,20-22,29H,1-11,19H2. The van der Waals surface area contributed by atoms with Gasteiger partial charge in [0.2, 0.25) is 6.29 Å². The van der Waals surface area contributed by atoms with Crippen LogP contribution in [0.4, 0.5) is 57.1 Å². The van der Waals surface area contributed by atoms with Gasteiger partial charge in [0.1, 0.15) is 0 Å². The van der Waals surface area contributed by atoms with Gasteiger partial charge < -0.3 is 9.47 Å². The third kappa shape index (κ3) is 8.48. The number of halogens is 13. The minimum absolute atomic E-state index is 0.0764. The first-order chi connectivity index (χ1) is 24.7. The number of rotatable bonds is 18. The van der Waals surface area contributed by atoms with Gasteiger partial charge in [-0.1, -0.05) is 82.1 Å². The molecule has 2 aliphatic rings. The van der Waals surface area contributed by atoms with E-state index in [-0.39, 0.29) is 11.4 Å². The fourth-order valence-corrected chi connectivity index (χ4v) is 5.91. The van der Waals surface area contributed by atoms with Crippen LogP contribution in [-0.4, -0.2) is 52.0 Å². The number of benzene rings is 2. The molecule has 0 spiro atoms.